The van der Waals surface area contributed by atoms with Gasteiger partial charge in [-0.1, -0.05) is 18.7 Å². The Hall–Kier alpha value is -1.32. The molecule has 0 atom stereocenters. The molecule has 1 rings (SSSR count). The van der Waals surface area contributed by atoms with Crippen molar-refractivity contribution in [3.8, 4) is 5.75 Å². The van der Waals surface area contributed by atoms with Crippen LogP contribution >= 0.6 is 0 Å². The molecule has 0 spiro atoms. The highest BCUT2D eigenvalue weighted by molar-refractivity contribution is 5.27. The quantitative estimate of drug-likeness (QED) is 0.544. The van der Waals surface area contributed by atoms with Gasteiger partial charge in [0.25, 0.3) is 0 Å². The summed E-state index contributed by atoms with van der Waals surface area (Å²) < 4.78 is 5.49. The van der Waals surface area contributed by atoms with Crippen molar-refractivity contribution in [2.75, 3.05) is 19.8 Å². The Labute approximate surface area is 96.8 Å². The molecule has 0 saturated heterocycles. The van der Waals surface area contributed by atoms with Gasteiger partial charge in [-0.2, -0.15) is 0 Å². The molecule has 3 heteroatoms. The maximum Gasteiger partial charge on any atom is 0.119 e. The fourth-order valence-corrected chi connectivity index (χ4v) is 1.22. The number of hydrogen-bond acceptors (Lipinski definition) is 3. The van der Waals surface area contributed by atoms with Gasteiger partial charge in [0.15, 0.2) is 0 Å². The Morgan fingerprint density at radius 1 is 1.38 bits per heavy atom. The zero-order chi connectivity index (χ0) is 11.8. The van der Waals surface area contributed by atoms with Crippen LogP contribution in [-0.2, 0) is 6.54 Å². The molecule has 0 fully saturated rings. The van der Waals surface area contributed by atoms with Crippen molar-refractivity contribution in [3.05, 3.63) is 42.0 Å². The molecule has 16 heavy (non-hydrogen) atoms. The van der Waals surface area contributed by atoms with E-state index < -0.39 is 0 Å². The maximum atomic E-state index is 8.62. The lowest BCUT2D eigenvalue weighted by molar-refractivity contribution is 0.292. The highest BCUT2D eigenvalue weighted by Crippen LogP contribution is 2.12. The van der Waals surface area contributed by atoms with Crippen LogP contribution in [0.4, 0.5) is 0 Å². The van der Waals surface area contributed by atoms with Gasteiger partial charge in [0, 0.05) is 13.1 Å². The monoisotopic (exact) mass is 221 g/mol. The van der Waals surface area contributed by atoms with Crippen LogP contribution in [0, 0.1) is 0 Å². The van der Waals surface area contributed by atoms with Crippen LogP contribution in [0.15, 0.2) is 36.4 Å². The third-order valence-electron chi connectivity index (χ3n) is 2.03. The van der Waals surface area contributed by atoms with Gasteiger partial charge in [-0.05, 0) is 30.2 Å². The second-order valence-corrected chi connectivity index (χ2v) is 3.79. The first-order chi connectivity index (χ1) is 7.72. The Morgan fingerprint density at radius 2 is 2.06 bits per heavy atom. The molecular formula is C13H19NO2. The van der Waals surface area contributed by atoms with Crippen molar-refractivity contribution in [1.29, 1.82) is 0 Å². The van der Waals surface area contributed by atoms with Gasteiger partial charge in [0.05, 0.1) is 6.61 Å². The van der Waals surface area contributed by atoms with Gasteiger partial charge < -0.3 is 15.2 Å². The molecule has 0 heterocycles. The predicted octanol–water partition coefficient (Wildman–Crippen LogP) is 1.72. The van der Waals surface area contributed by atoms with Gasteiger partial charge in [-0.3, -0.25) is 0 Å². The second-order valence-electron chi connectivity index (χ2n) is 3.79. The molecule has 1 aromatic rings. The Morgan fingerprint density at radius 3 is 2.62 bits per heavy atom. The molecule has 0 aliphatic carbocycles. The Balaban J connectivity index is 2.38. The first-order valence-electron chi connectivity index (χ1n) is 5.40. The summed E-state index contributed by atoms with van der Waals surface area (Å²) in [6.45, 7) is 7.82. The maximum absolute atomic E-state index is 8.62. The van der Waals surface area contributed by atoms with Gasteiger partial charge in [0.2, 0.25) is 0 Å². The minimum atomic E-state index is 0.166. The van der Waals surface area contributed by atoms with Crippen LogP contribution in [0.2, 0.25) is 0 Å². The van der Waals surface area contributed by atoms with E-state index >= 15 is 0 Å². The van der Waals surface area contributed by atoms with Gasteiger partial charge in [-0.15, -0.1) is 0 Å². The van der Waals surface area contributed by atoms with Crippen LogP contribution in [0.25, 0.3) is 0 Å². The molecule has 0 aliphatic rings. The topological polar surface area (TPSA) is 41.5 Å². The average Bonchev–Trinajstić information content (AvgIpc) is 2.28. The van der Waals surface area contributed by atoms with E-state index in [0.29, 0.717) is 13.2 Å². The van der Waals surface area contributed by atoms with Crippen LogP contribution in [-0.4, -0.2) is 24.9 Å². The fourth-order valence-electron chi connectivity index (χ4n) is 1.22. The molecule has 1 aromatic carbocycles. The fraction of sp³-hybridized carbons (Fsp3) is 0.385. The van der Waals surface area contributed by atoms with Crippen molar-refractivity contribution in [3.63, 3.8) is 0 Å². The molecule has 0 aromatic heterocycles. The van der Waals surface area contributed by atoms with Crippen molar-refractivity contribution in [2.45, 2.75) is 13.5 Å². The summed E-state index contributed by atoms with van der Waals surface area (Å²) in [6.07, 6.45) is 0. The molecule has 0 aliphatic heterocycles. The van der Waals surface area contributed by atoms with E-state index in [1.165, 1.54) is 5.56 Å². The lowest BCUT2D eigenvalue weighted by atomic mass is 10.2. The number of ether oxygens (including phenoxy) is 1. The number of benzene rings is 1. The molecule has 3 nitrogen and oxygen atoms in total. The number of nitrogens with one attached hydrogen (secondary N) is 1. The average molecular weight is 221 g/mol. The number of aliphatic hydroxyl groups is 1. The second kappa shape index (κ2) is 7.04. The summed E-state index contributed by atoms with van der Waals surface area (Å²) >= 11 is 0. The first kappa shape index (κ1) is 12.7. The number of rotatable bonds is 7. The third kappa shape index (κ3) is 4.96. The molecular weight excluding hydrogens is 202 g/mol. The van der Waals surface area contributed by atoms with Crippen molar-refractivity contribution in [1.82, 2.24) is 5.32 Å². The van der Waals surface area contributed by atoms with Crippen molar-refractivity contribution >= 4 is 0 Å². The summed E-state index contributed by atoms with van der Waals surface area (Å²) in [4.78, 5) is 0. The zero-order valence-electron chi connectivity index (χ0n) is 9.70. The summed E-state index contributed by atoms with van der Waals surface area (Å²) in [7, 11) is 0. The van der Waals surface area contributed by atoms with E-state index in [1.54, 1.807) is 0 Å². The summed E-state index contributed by atoms with van der Waals surface area (Å²) in [5.74, 6) is 0.855. The zero-order valence-corrected chi connectivity index (χ0v) is 9.70. The van der Waals surface area contributed by atoms with Gasteiger partial charge in [-0.25, -0.2) is 0 Å². The largest absolute Gasteiger partial charge is 0.489 e. The smallest absolute Gasteiger partial charge is 0.119 e. The molecule has 0 amide bonds. The minimum Gasteiger partial charge on any atom is -0.489 e. The SMILES string of the molecule is C=C(C)COc1ccc(CNCCO)cc1. The highest BCUT2D eigenvalue weighted by Gasteiger charge is 1.95. The molecule has 0 bridgehead atoms. The highest BCUT2D eigenvalue weighted by atomic mass is 16.5. The standard InChI is InChI=1S/C13H19NO2/c1-11(2)10-16-13-5-3-12(4-6-13)9-14-7-8-15/h3-6,14-15H,1,7-10H2,2H3. The van der Waals surface area contributed by atoms with Crippen LogP contribution in [0.5, 0.6) is 5.75 Å². The summed E-state index contributed by atoms with van der Waals surface area (Å²) in [5, 5.41) is 11.7. The molecule has 0 unspecified atom stereocenters. The predicted molar refractivity (Wildman–Crippen MR) is 65.5 cm³/mol. The van der Waals surface area contributed by atoms with E-state index in [4.69, 9.17) is 9.84 Å². The number of aliphatic hydroxyl groups excluding tert-OH is 1. The van der Waals surface area contributed by atoms with Crippen LogP contribution < -0.4 is 10.1 Å². The lowest BCUT2D eigenvalue weighted by Crippen LogP contribution is -2.17. The molecule has 0 radical (unpaired) electrons. The van der Waals surface area contributed by atoms with Gasteiger partial charge >= 0.3 is 0 Å². The van der Waals surface area contributed by atoms with Crippen molar-refractivity contribution in [2.24, 2.45) is 0 Å². The van der Waals surface area contributed by atoms with E-state index in [-0.39, 0.29) is 6.61 Å². The van der Waals surface area contributed by atoms with E-state index in [1.807, 2.05) is 31.2 Å². The normalized spacial score (nSPS) is 10.1. The third-order valence-corrected chi connectivity index (χ3v) is 2.03. The molecule has 0 saturated carbocycles. The minimum absolute atomic E-state index is 0.166. The van der Waals surface area contributed by atoms with Gasteiger partial charge in [0.1, 0.15) is 12.4 Å². The Bertz CT molecular complexity index is 319. The Kier molecular flexibility index (Phi) is 5.61. The lowest BCUT2D eigenvalue weighted by Gasteiger charge is -2.07. The van der Waals surface area contributed by atoms with Crippen molar-refractivity contribution < 1.29 is 9.84 Å². The first-order valence-corrected chi connectivity index (χ1v) is 5.40. The molecule has 88 valence electrons. The van der Waals surface area contributed by atoms with Crippen LogP contribution in [0.3, 0.4) is 0 Å². The van der Waals surface area contributed by atoms with E-state index in [2.05, 4.69) is 11.9 Å². The van der Waals surface area contributed by atoms with Crippen LogP contribution in [0.1, 0.15) is 12.5 Å². The van der Waals surface area contributed by atoms with E-state index in [0.717, 1.165) is 17.9 Å². The summed E-state index contributed by atoms with van der Waals surface area (Å²) in [6, 6.07) is 7.91. The number of hydrogen-bond donors (Lipinski definition) is 2. The van der Waals surface area contributed by atoms with E-state index in [9.17, 15) is 0 Å². The molecule has 2 N–H and O–H groups in total. The summed E-state index contributed by atoms with van der Waals surface area (Å²) in [5.41, 5.74) is 2.19.